The van der Waals surface area contributed by atoms with Gasteiger partial charge in [0.2, 0.25) is 0 Å². The van der Waals surface area contributed by atoms with Crippen molar-refractivity contribution < 1.29 is 4.79 Å². The van der Waals surface area contributed by atoms with E-state index in [1.807, 2.05) is 0 Å². The van der Waals surface area contributed by atoms with E-state index in [0.717, 1.165) is 12.8 Å². The molecule has 0 spiro atoms. The maximum absolute atomic E-state index is 11.5. The second-order valence-electron chi connectivity index (χ2n) is 3.73. The van der Waals surface area contributed by atoms with Crippen LogP contribution < -0.4 is 10.6 Å². The summed E-state index contributed by atoms with van der Waals surface area (Å²) in [7, 11) is 0. The molecule has 1 heterocycles. The van der Waals surface area contributed by atoms with Gasteiger partial charge in [0.15, 0.2) is 0 Å². The number of nitrogens with one attached hydrogen (secondary N) is 2. The Morgan fingerprint density at radius 3 is 2.44 bits per heavy atom. The van der Waals surface area contributed by atoms with Crippen LogP contribution in [0.3, 0.4) is 0 Å². The first-order valence-electron chi connectivity index (χ1n) is 5.04. The Kier molecular flexibility index (Phi) is 3.51. The summed E-state index contributed by atoms with van der Waals surface area (Å²) in [5.41, 5.74) is 0.543. The first-order valence-corrected chi connectivity index (χ1v) is 5.80. The highest BCUT2D eigenvalue weighted by Crippen LogP contribution is 2.20. The highest BCUT2D eigenvalue weighted by atomic mass is 35.5. The summed E-state index contributed by atoms with van der Waals surface area (Å²) < 4.78 is 0. The van der Waals surface area contributed by atoms with Gasteiger partial charge in [-0.05, 0) is 31.4 Å². The number of nitrogens with zero attached hydrogens (tertiary/aromatic N) is 1. The van der Waals surface area contributed by atoms with Gasteiger partial charge in [0.05, 0.1) is 0 Å². The molecule has 1 aromatic rings. The molecule has 1 saturated carbocycles. The molecule has 1 aromatic heterocycles. The van der Waals surface area contributed by atoms with Gasteiger partial charge in [-0.1, -0.05) is 23.2 Å². The number of carbonyl (C=O) groups excluding carboxylic acids is 1. The highest BCUT2D eigenvalue weighted by Gasteiger charge is 2.19. The van der Waals surface area contributed by atoms with Gasteiger partial charge < -0.3 is 10.6 Å². The Bertz CT molecular complexity index is 387. The number of hydrogen-bond acceptors (Lipinski definition) is 2. The summed E-state index contributed by atoms with van der Waals surface area (Å²) in [5, 5.41) is 6.02. The zero-order valence-corrected chi connectivity index (χ0v) is 9.98. The third-order valence-electron chi connectivity index (χ3n) is 2.46. The lowest BCUT2D eigenvalue weighted by Gasteiger charge is -2.26. The van der Waals surface area contributed by atoms with Gasteiger partial charge in [-0.2, -0.15) is 0 Å². The second kappa shape index (κ2) is 4.89. The molecule has 2 amide bonds. The molecule has 0 saturated heterocycles. The van der Waals surface area contributed by atoms with Crippen LogP contribution in [0.2, 0.25) is 10.3 Å². The standard InChI is InChI=1S/C10H11Cl2N3O/c11-8-4-7(5-9(12)15-8)14-10(16)13-6-2-1-3-6/h4-6H,1-3H2,(H2,13,14,15,16). The van der Waals surface area contributed by atoms with E-state index in [-0.39, 0.29) is 16.3 Å². The van der Waals surface area contributed by atoms with Crippen LogP contribution in [0.15, 0.2) is 12.1 Å². The first-order chi connectivity index (χ1) is 7.63. The Balaban J connectivity index is 1.94. The van der Waals surface area contributed by atoms with E-state index in [9.17, 15) is 4.79 Å². The number of halogens is 2. The number of urea groups is 1. The monoisotopic (exact) mass is 259 g/mol. The molecule has 1 aliphatic carbocycles. The van der Waals surface area contributed by atoms with Crippen LogP contribution in [-0.2, 0) is 0 Å². The summed E-state index contributed by atoms with van der Waals surface area (Å²) in [6.45, 7) is 0. The number of anilines is 1. The number of rotatable bonds is 2. The predicted octanol–water partition coefficient (Wildman–Crippen LogP) is 3.06. The quantitative estimate of drug-likeness (QED) is 0.803. The molecule has 0 aliphatic heterocycles. The molecule has 2 rings (SSSR count). The Hall–Kier alpha value is -1.00. The van der Waals surface area contributed by atoms with Crippen molar-refractivity contribution in [3.8, 4) is 0 Å². The summed E-state index contributed by atoms with van der Waals surface area (Å²) in [6.07, 6.45) is 3.27. The zero-order chi connectivity index (χ0) is 11.5. The SMILES string of the molecule is O=C(Nc1cc(Cl)nc(Cl)c1)NC1CCC1. The van der Waals surface area contributed by atoms with Gasteiger partial charge in [0.25, 0.3) is 0 Å². The summed E-state index contributed by atoms with van der Waals surface area (Å²) in [5.74, 6) is 0. The number of carbonyl (C=O) groups is 1. The fourth-order valence-corrected chi connectivity index (χ4v) is 1.90. The largest absolute Gasteiger partial charge is 0.335 e. The molecule has 0 atom stereocenters. The molecule has 86 valence electrons. The molecule has 2 N–H and O–H groups in total. The van der Waals surface area contributed by atoms with Gasteiger partial charge in [-0.15, -0.1) is 0 Å². The third kappa shape index (κ3) is 3.00. The molecular weight excluding hydrogens is 249 g/mol. The van der Waals surface area contributed by atoms with E-state index >= 15 is 0 Å². The van der Waals surface area contributed by atoms with Gasteiger partial charge in [-0.3, -0.25) is 0 Å². The molecule has 0 radical (unpaired) electrons. The van der Waals surface area contributed by atoms with Crippen LogP contribution in [0.1, 0.15) is 19.3 Å². The minimum absolute atomic E-state index is 0.233. The van der Waals surface area contributed by atoms with Crippen molar-refractivity contribution in [1.29, 1.82) is 0 Å². The number of amides is 2. The average Bonchev–Trinajstić information content (AvgIpc) is 2.09. The normalized spacial score (nSPS) is 15.4. The lowest BCUT2D eigenvalue weighted by Crippen LogP contribution is -2.41. The van der Waals surface area contributed by atoms with E-state index in [0.29, 0.717) is 11.7 Å². The Morgan fingerprint density at radius 1 is 1.31 bits per heavy atom. The van der Waals surface area contributed by atoms with Gasteiger partial charge in [0, 0.05) is 11.7 Å². The van der Waals surface area contributed by atoms with Crippen molar-refractivity contribution in [2.24, 2.45) is 0 Å². The minimum atomic E-state index is -0.233. The second-order valence-corrected chi connectivity index (χ2v) is 4.50. The molecule has 1 aliphatic rings. The van der Waals surface area contributed by atoms with E-state index < -0.39 is 0 Å². The molecule has 0 unspecified atom stereocenters. The van der Waals surface area contributed by atoms with Crippen LogP contribution in [0.5, 0.6) is 0 Å². The summed E-state index contributed by atoms with van der Waals surface area (Å²) in [4.78, 5) is 15.3. The lowest BCUT2D eigenvalue weighted by atomic mass is 9.93. The van der Waals surface area contributed by atoms with Crippen LogP contribution >= 0.6 is 23.2 Å². The van der Waals surface area contributed by atoms with E-state index in [1.165, 1.54) is 6.42 Å². The maximum Gasteiger partial charge on any atom is 0.319 e. The van der Waals surface area contributed by atoms with Gasteiger partial charge >= 0.3 is 6.03 Å². The Morgan fingerprint density at radius 2 is 1.94 bits per heavy atom. The van der Waals surface area contributed by atoms with Crippen LogP contribution in [0, 0.1) is 0 Å². The third-order valence-corrected chi connectivity index (χ3v) is 2.85. The van der Waals surface area contributed by atoms with Crippen LogP contribution in [-0.4, -0.2) is 17.1 Å². The molecule has 16 heavy (non-hydrogen) atoms. The molecule has 0 aromatic carbocycles. The highest BCUT2D eigenvalue weighted by molar-refractivity contribution is 6.32. The number of aromatic nitrogens is 1. The molecule has 1 fully saturated rings. The molecule has 0 bridgehead atoms. The Labute approximate surface area is 103 Å². The van der Waals surface area contributed by atoms with Crippen molar-refractivity contribution in [3.63, 3.8) is 0 Å². The van der Waals surface area contributed by atoms with Crippen molar-refractivity contribution in [1.82, 2.24) is 10.3 Å². The maximum atomic E-state index is 11.5. The van der Waals surface area contributed by atoms with Crippen LogP contribution in [0.4, 0.5) is 10.5 Å². The first kappa shape index (κ1) is 11.5. The van der Waals surface area contributed by atoms with Crippen molar-refractivity contribution >= 4 is 34.9 Å². The van der Waals surface area contributed by atoms with Crippen molar-refractivity contribution in [2.45, 2.75) is 25.3 Å². The number of hydrogen-bond donors (Lipinski definition) is 2. The average molecular weight is 260 g/mol. The topological polar surface area (TPSA) is 54.0 Å². The molecule has 4 nitrogen and oxygen atoms in total. The predicted molar refractivity (Wildman–Crippen MR) is 64.1 cm³/mol. The van der Waals surface area contributed by atoms with E-state index in [4.69, 9.17) is 23.2 Å². The van der Waals surface area contributed by atoms with Crippen LogP contribution in [0.25, 0.3) is 0 Å². The summed E-state index contributed by atoms with van der Waals surface area (Å²) >= 11 is 11.4. The fourth-order valence-electron chi connectivity index (χ4n) is 1.44. The zero-order valence-electron chi connectivity index (χ0n) is 8.46. The summed E-state index contributed by atoms with van der Waals surface area (Å²) in [6, 6.07) is 3.16. The van der Waals surface area contributed by atoms with Crippen molar-refractivity contribution in [2.75, 3.05) is 5.32 Å². The molecular formula is C10H11Cl2N3O. The van der Waals surface area contributed by atoms with Gasteiger partial charge in [0.1, 0.15) is 10.3 Å². The molecule has 6 heteroatoms. The fraction of sp³-hybridized carbons (Fsp3) is 0.400. The van der Waals surface area contributed by atoms with E-state index in [1.54, 1.807) is 12.1 Å². The smallest absolute Gasteiger partial charge is 0.319 e. The van der Waals surface area contributed by atoms with Crippen molar-refractivity contribution in [3.05, 3.63) is 22.4 Å². The number of pyridine rings is 1. The lowest BCUT2D eigenvalue weighted by molar-refractivity contribution is 0.240. The van der Waals surface area contributed by atoms with E-state index in [2.05, 4.69) is 15.6 Å². The minimum Gasteiger partial charge on any atom is -0.335 e. The van der Waals surface area contributed by atoms with Gasteiger partial charge in [-0.25, -0.2) is 9.78 Å².